The van der Waals surface area contributed by atoms with Crippen LogP contribution in [0.1, 0.15) is 37.1 Å². The van der Waals surface area contributed by atoms with Gasteiger partial charge < -0.3 is 5.11 Å². The molecule has 0 aliphatic heterocycles. The highest BCUT2D eigenvalue weighted by Crippen LogP contribution is 2.20. The SMILES string of the molecule is Cc1ccc(O)c(CNOC2CCCC2)n1. The van der Waals surface area contributed by atoms with E-state index in [1.807, 2.05) is 6.92 Å². The second-order valence-corrected chi connectivity index (χ2v) is 4.26. The summed E-state index contributed by atoms with van der Waals surface area (Å²) >= 11 is 0. The zero-order valence-electron chi connectivity index (χ0n) is 9.57. The van der Waals surface area contributed by atoms with E-state index < -0.39 is 0 Å². The first-order valence-electron chi connectivity index (χ1n) is 5.79. The Labute approximate surface area is 95.6 Å². The molecule has 2 N–H and O–H groups in total. The molecule has 1 aromatic heterocycles. The molecule has 0 amide bonds. The van der Waals surface area contributed by atoms with Crippen molar-refractivity contribution in [3.63, 3.8) is 0 Å². The van der Waals surface area contributed by atoms with Gasteiger partial charge in [-0.05, 0) is 31.9 Å². The summed E-state index contributed by atoms with van der Waals surface area (Å²) in [5.74, 6) is 0.216. The first-order chi connectivity index (χ1) is 7.75. The van der Waals surface area contributed by atoms with E-state index in [2.05, 4.69) is 10.5 Å². The number of aromatic hydroxyl groups is 1. The van der Waals surface area contributed by atoms with Gasteiger partial charge in [-0.1, -0.05) is 12.8 Å². The Morgan fingerprint density at radius 3 is 2.94 bits per heavy atom. The number of rotatable bonds is 4. The fourth-order valence-electron chi connectivity index (χ4n) is 1.97. The molecule has 0 atom stereocenters. The molecule has 0 aromatic carbocycles. The lowest BCUT2D eigenvalue weighted by Gasteiger charge is -2.12. The van der Waals surface area contributed by atoms with Crippen LogP contribution in [0.25, 0.3) is 0 Å². The van der Waals surface area contributed by atoms with E-state index in [0.29, 0.717) is 18.3 Å². The molecular formula is C12H18N2O2. The van der Waals surface area contributed by atoms with Crippen LogP contribution in [0.4, 0.5) is 0 Å². The van der Waals surface area contributed by atoms with Gasteiger partial charge in [-0.2, -0.15) is 5.48 Å². The molecule has 4 nitrogen and oxygen atoms in total. The summed E-state index contributed by atoms with van der Waals surface area (Å²) in [6, 6.07) is 3.45. The Bertz CT molecular complexity index is 349. The van der Waals surface area contributed by atoms with Gasteiger partial charge in [-0.25, -0.2) is 0 Å². The summed E-state index contributed by atoms with van der Waals surface area (Å²) in [6.07, 6.45) is 5.08. The molecule has 0 unspecified atom stereocenters. The third-order valence-electron chi connectivity index (χ3n) is 2.88. The van der Waals surface area contributed by atoms with E-state index in [0.717, 1.165) is 18.5 Å². The number of nitrogens with one attached hydrogen (secondary N) is 1. The minimum atomic E-state index is 0.216. The number of aryl methyl sites for hydroxylation is 1. The zero-order valence-corrected chi connectivity index (χ0v) is 9.57. The molecule has 1 saturated carbocycles. The molecule has 1 aliphatic rings. The van der Waals surface area contributed by atoms with Crippen LogP contribution in [0.5, 0.6) is 5.75 Å². The van der Waals surface area contributed by atoms with Crippen molar-refractivity contribution in [2.75, 3.05) is 0 Å². The average molecular weight is 222 g/mol. The largest absolute Gasteiger partial charge is 0.506 e. The van der Waals surface area contributed by atoms with E-state index >= 15 is 0 Å². The van der Waals surface area contributed by atoms with Crippen LogP contribution < -0.4 is 5.48 Å². The Morgan fingerprint density at radius 2 is 2.19 bits per heavy atom. The highest BCUT2D eigenvalue weighted by atomic mass is 16.7. The van der Waals surface area contributed by atoms with Gasteiger partial charge >= 0.3 is 0 Å². The maximum atomic E-state index is 9.57. The molecule has 0 bridgehead atoms. The smallest absolute Gasteiger partial charge is 0.138 e. The second kappa shape index (κ2) is 5.27. The van der Waals surface area contributed by atoms with Gasteiger partial charge in [0.05, 0.1) is 18.3 Å². The number of pyridine rings is 1. The number of hydrogen-bond acceptors (Lipinski definition) is 4. The monoisotopic (exact) mass is 222 g/mol. The molecule has 1 heterocycles. The fourth-order valence-corrected chi connectivity index (χ4v) is 1.97. The summed E-state index contributed by atoms with van der Waals surface area (Å²) in [4.78, 5) is 9.74. The summed E-state index contributed by atoms with van der Waals surface area (Å²) in [5, 5.41) is 9.57. The number of hydroxylamine groups is 1. The topological polar surface area (TPSA) is 54.4 Å². The van der Waals surface area contributed by atoms with E-state index in [4.69, 9.17) is 4.84 Å². The van der Waals surface area contributed by atoms with E-state index in [-0.39, 0.29) is 5.75 Å². The summed E-state index contributed by atoms with van der Waals surface area (Å²) < 4.78 is 0. The third-order valence-corrected chi connectivity index (χ3v) is 2.88. The van der Waals surface area contributed by atoms with Crippen LogP contribution in [0.2, 0.25) is 0 Å². The molecule has 0 radical (unpaired) electrons. The van der Waals surface area contributed by atoms with Crippen LogP contribution in [0.15, 0.2) is 12.1 Å². The lowest BCUT2D eigenvalue weighted by molar-refractivity contribution is -0.0251. The second-order valence-electron chi connectivity index (χ2n) is 4.26. The Hall–Kier alpha value is -1.13. The maximum Gasteiger partial charge on any atom is 0.138 e. The molecule has 1 fully saturated rings. The number of nitrogens with zero attached hydrogens (tertiary/aromatic N) is 1. The molecule has 88 valence electrons. The van der Waals surface area contributed by atoms with E-state index in [1.165, 1.54) is 12.8 Å². The van der Waals surface area contributed by atoms with E-state index in [1.54, 1.807) is 12.1 Å². The highest BCUT2D eigenvalue weighted by Gasteiger charge is 2.15. The fraction of sp³-hybridized carbons (Fsp3) is 0.583. The zero-order chi connectivity index (χ0) is 11.4. The average Bonchev–Trinajstić information content (AvgIpc) is 2.76. The Balaban J connectivity index is 1.82. The maximum absolute atomic E-state index is 9.57. The van der Waals surface area contributed by atoms with Gasteiger partial charge in [0.1, 0.15) is 5.75 Å². The molecule has 0 saturated heterocycles. The first-order valence-corrected chi connectivity index (χ1v) is 5.79. The highest BCUT2D eigenvalue weighted by molar-refractivity contribution is 5.27. The summed E-state index contributed by atoms with van der Waals surface area (Å²) in [7, 11) is 0. The molecule has 16 heavy (non-hydrogen) atoms. The van der Waals surface area contributed by atoms with Gasteiger partial charge in [-0.15, -0.1) is 0 Å². The lowest BCUT2D eigenvalue weighted by Crippen LogP contribution is -2.21. The van der Waals surface area contributed by atoms with Crippen molar-refractivity contribution in [3.05, 3.63) is 23.5 Å². The van der Waals surface area contributed by atoms with Gasteiger partial charge in [0, 0.05) is 5.69 Å². The van der Waals surface area contributed by atoms with Gasteiger partial charge in [0.25, 0.3) is 0 Å². The van der Waals surface area contributed by atoms with Crippen LogP contribution in [-0.2, 0) is 11.4 Å². The predicted octanol–water partition coefficient (Wildman–Crippen LogP) is 2.06. The van der Waals surface area contributed by atoms with Crippen molar-refractivity contribution >= 4 is 0 Å². The first kappa shape index (κ1) is 11.4. The Morgan fingerprint density at radius 1 is 1.44 bits per heavy atom. The quantitative estimate of drug-likeness (QED) is 0.766. The molecule has 2 rings (SSSR count). The van der Waals surface area contributed by atoms with Gasteiger partial charge in [0.2, 0.25) is 0 Å². The summed E-state index contributed by atoms with van der Waals surface area (Å²) in [5.41, 5.74) is 4.42. The van der Waals surface area contributed by atoms with Crippen molar-refractivity contribution in [2.45, 2.75) is 45.3 Å². The van der Waals surface area contributed by atoms with Crippen molar-refractivity contribution in [3.8, 4) is 5.75 Å². The molecule has 4 heteroatoms. The van der Waals surface area contributed by atoms with Crippen molar-refractivity contribution in [2.24, 2.45) is 0 Å². The Kier molecular flexibility index (Phi) is 3.74. The number of aromatic nitrogens is 1. The molecule has 1 aliphatic carbocycles. The lowest BCUT2D eigenvalue weighted by atomic mass is 10.3. The minimum Gasteiger partial charge on any atom is -0.506 e. The van der Waals surface area contributed by atoms with Gasteiger partial charge in [0.15, 0.2) is 0 Å². The molecule has 1 aromatic rings. The molecule has 0 spiro atoms. The van der Waals surface area contributed by atoms with Gasteiger partial charge in [-0.3, -0.25) is 9.82 Å². The van der Waals surface area contributed by atoms with Crippen LogP contribution in [0, 0.1) is 6.92 Å². The van der Waals surface area contributed by atoms with Crippen LogP contribution in [-0.4, -0.2) is 16.2 Å². The normalized spacial score (nSPS) is 16.8. The van der Waals surface area contributed by atoms with Crippen molar-refractivity contribution < 1.29 is 9.94 Å². The third kappa shape index (κ3) is 2.93. The van der Waals surface area contributed by atoms with Crippen molar-refractivity contribution in [1.29, 1.82) is 0 Å². The van der Waals surface area contributed by atoms with Crippen LogP contribution in [0.3, 0.4) is 0 Å². The predicted molar refractivity (Wildman–Crippen MR) is 60.8 cm³/mol. The number of hydrogen-bond donors (Lipinski definition) is 2. The van der Waals surface area contributed by atoms with E-state index in [9.17, 15) is 5.11 Å². The van der Waals surface area contributed by atoms with Crippen molar-refractivity contribution in [1.82, 2.24) is 10.5 Å². The molecular weight excluding hydrogens is 204 g/mol. The summed E-state index contributed by atoms with van der Waals surface area (Å²) in [6.45, 7) is 2.35. The van der Waals surface area contributed by atoms with Crippen LogP contribution >= 0.6 is 0 Å². The minimum absolute atomic E-state index is 0.216. The standard InChI is InChI=1S/C12H18N2O2/c1-9-6-7-12(15)11(14-9)8-13-16-10-4-2-3-5-10/h6-7,10,13,15H,2-5,8H2,1H3.